The molecule has 0 heterocycles. The summed E-state index contributed by atoms with van der Waals surface area (Å²) in [5, 5.41) is 4.72. The lowest BCUT2D eigenvalue weighted by Crippen LogP contribution is -2.17. The van der Waals surface area contributed by atoms with Crippen molar-refractivity contribution in [3.8, 4) is 11.5 Å². The molecule has 0 atom stereocenters. The highest BCUT2D eigenvalue weighted by Gasteiger charge is 2.05. The van der Waals surface area contributed by atoms with Crippen molar-refractivity contribution < 1.29 is 14.3 Å². The van der Waals surface area contributed by atoms with E-state index in [1.807, 2.05) is 48.5 Å². The largest absolute Gasteiger partial charge is 0.497 e. The van der Waals surface area contributed by atoms with Crippen molar-refractivity contribution in [1.82, 2.24) is 5.43 Å². The van der Waals surface area contributed by atoms with E-state index in [4.69, 9.17) is 21.1 Å². The van der Waals surface area contributed by atoms with E-state index in [0.717, 1.165) is 11.1 Å². The van der Waals surface area contributed by atoms with Crippen molar-refractivity contribution in [3.05, 3.63) is 94.5 Å². The van der Waals surface area contributed by atoms with Crippen molar-refractivity contribution in [1.29, 1.82) is 0 Å². The van der Waals surface area contributed by atoms with Gasteiger partial charge >= 0.3 is 0 Å². The quantitative estimate of drug-likeness (QED) is 0.467. The predicted octanol–water partition coefficient (Wildman–Crippen LogP) is 4.69. The lowest BCUT2D eigenvalue weighted by molar-refractivity contribution is 0.0955. The van der Waals surface area contributed by atoms with Crippen LogP contribution in [0.15, 0.2) is 77.9 Å². The lowest BCUT2D eigenvalue weighted by Gasteiger charge is -2.09. The van der Waals surface area contributed by atoms with E-state index in [0.29, 0.717) is 28.7 Å². The number of amides is 1. The topological polar surface area (TPSA) is 59.9 Å². The zero-order valence-electron chi connectivity index (χ0n) is 15.3. The van der Waals surface area contributed by atoms with Gasteiger partial charge in [-0.15, -0.1) is 0 Å². The van der Waals surface area contributed by atoms with E-state index in [1.165, 1.54) is 0 Å². The fourth-order valence-electron chi connectivity index (χ4n) is 2.43. The molecule has 3 aromatic rings. The molecule has 0 fully saturated rings. The first-order valence-corrected chi connectivity index (χ1v) is 8.97. The van der Waals surface area contributed by atoms with Crippen molar-refractivity contribution in [2.45, 2.75) is 6.61 Å². The highest BCUT2D eigenvalue weighted by Crippen LogP contribution is 2.18. The first kappa shape index (κ1) is 19.5. The Morgan fingerprint density at radius 3 is 2.46 bits per heavy atom. The maximum Gasteiger partial charge on any atom is 0.271 e. The summed E-state index contributed by atoms with van der Waals surface area (Å²) in [5.41, 5.74) is 4.76. The van der Waals surface area contributed by atoms with Crippen LogP contribution in [0.3, 0.4) is 0 Å². The maximum atomic E-state index is 12.1. The number of carbonyl (C=O) groups excluding carboxylic acids is 1. The molecule has 0 bridgehead atoms. The third-order valence-corrected chi connectivity index (χ3v) is 4.20. The van der Waals surface area contributed by atoms with E-state index in [2.05, 4.69) is 10.5 Å². The van der Waals surface area contributed by atoms with Crippen LogP contribution < -0.4 is 14.9 Å². The van der Waals surface area contributed by atoms with Crippen LogP contribution in [0.25, 0.3) is 0 Å². The third-order valence-electron chi connectivity index (χ3n) is 3.95. The van der Waals surface area contributed by atoms with Gasteiger partial charge in [0.2, 0.25) is 0 Å². The first-order chi connectivity index (χ1) is 13.7. The molecule has 3 aromatic carbocycles. The van der Waals surface area contributed by atoms with Gasteiger partial charge in [-0.1, -0.05) is 35.9 Å². The average molecular weight is 395 g/mol. The summed E-state index contributed by atoms with van der Waals surface area (Å²) in [5.74, 6) is 1.05. The van der Waals surface area contributed by atoms with E-state index < -0.39 is 0 Å². The number of hydrogen-bond acceptors (Lipinski definition) is 4. The summed E-state index contributed by atoms with van der Waals surface area (Å²) in [7, 11) is 1.58. The standard InChI is InChI=1S/C22H19ClN2O3/c1-27-20-12-8-17(9-13-20)22(26)25-24-14-18-4-2-3-5-21(18)28-15-16-6-10-19(23)11-7-16/h2-14H,15H2,1H3,(H,25,26)/b24-14-. The molecule has 0 unspecified atom stereocenters. The molecule has 0 spiro atoms. The lowest BCUT2D eigenvalue weighted by atomic mass is 10.2. The molecule has 0 aliphatic rings. The number of para-hydroxylation sites is 1. The molecular formula is C22H19ClN2O3. The summed E-state index contributed by atoms with van der Waals surface area (Å²) in [4.78, 5) is 12.1. The summed E-state index contributed by atoms with van der Waals surface area (Å²) in [6.45, 7) is 0.403. The fourth-order valence-corrected chi connectivity index (χ4v) is 2.55. The van der Waals surface area contributed by atoms with Gasteiger partial charge in [-0.05, 0) is 54.1 Å². The van der Waals surface area contributed by atoms with Crippen LogP contribution >= 0.6 is 11.6 Å². The summed E-state index contributed by atoms with van der Waals surface area (Å²) in [6.07, 6.45) is 1.55. The Morgan fingerprint density at radius 1 is 1.04 bits per heavy atom. The number of rotatable bonds is 7. The number of halogens is 1. The van der Waals surface area contributed by atoms with E-state index in [1.54, 1.807) is 37.6 Å². The Morgan fingerprint density at radius 2 is 1.75 bits per heavy atom. The van der Waals surface area contributed by atoms with Crippen LogP contribution in [-0.4, -0.2) is 19.2 Å². The molecule has 5 nitrogen and oxygen atoms in total. The first-order valence-electron chi connectivity index (χ1n) is 8.59. The normalized spacial score (nSPS) is 10.6. The van der Waals surface area contributed by atoms with Crippen molar-refractivity contribution in [3.63, 3.8) is 0 Å². The van der Waals surface area contributed by atoms with Crippen molar-refractivity contribution in [2.24, 2.45) is 5.10 Å². The van der Waals surface area contributed by atoms with Gasteiger partial charge in [-0.3, -0.25) is 4.79 Å². The van der Waals surface area contributed by atoms with Gasteiger partial charge in [-0.2, -0.15) is 5.10 Å². The zero-order valence-corrected chi connectivity index (χ0v) is 16.0. The fraction of sp³-hybridized carbons (Fsp3) is 0.0909. The molecule has 6 heteroatoms. The number of hydrazone groups is 1. The van der Waals surface area contributed by atoms with E-state index in [-0.39, 0.29) is 5.91 Å². The Hall–Kier alpha value is -3.31. The molecule has 0 aromatic heterocycles. The van der Waals surface area contributed by atoms with Gasteiger partial charge in [0, 0.05) is 16.1 Å². The summed E-state index contributed by atoms with van der Waals surface area (Å²) in [6, 6.07) is 21.7. The van der Waals surface area contributed by atoms with Gasteiger partial charge in [0.25, 0.3) is 5.91 Å². The van der Waals surface area contributed by atoms with Crippen LogP contribution in [-0.2, 0) is 6.61 Å². The molecule has 3 rings (SSSR count). The second kappa shape index (κ2) is 9.58. The van der Waals surface area contributed by atoms with E-state index >= 15 is 0 Å². The zero-order chi connectivity index (χ0) is 19.8. The number of carbonyl (C=O) groups is 1. The molecule has 0 saturated carbocycles. The Balaban J connectivity index is 1.61. The molecule has 0 aliphatic heterocycles. The summed E-state index contributed by atoms with van der Waals surface area (Å²) < 4.78 is 10.9. The molecule has 0 aliphatic carbocycles. The van der Waals surface area contributed by atoms with Crippen molar-refractivity contribution in [2.75, 3.05) is 7.11 Å². The van der Waals surface area contributed by atoms with Crippen molar-refractivity contribution >= 4 is 23.7 Å². The molecule has 1 N–H and O–H groups in total. The molecular weight excluding hydrogens is 376 g/mol. The molecule has 1 amide bonds. The number of ether oxygens (including phenoxy) is 2. The Kier molecular flexibility index (Phi) is 6.65. The van der Waals surface area contributed by atoms with Gasteiger partial charge in [0.05, 0.1) is 13.3 Å². The highest BCUT2D eigenvalue weighted by atomic mass is 35.5. The number of benzene rings is 3. The predicted molar refractivity (Wildman–Crippen MR) is 110 cm³/mol. The molecule has 0 saturated heterocycles. The average Bonchev–Trinajstić information content (AvgIpc) is 2.74. The molecule has 0 radical (unpaired) electrons. The van der Waals surface area contributed by atoms with E-state index in [9.17, 15) is 4.79 Å². The number of nitrogens with one attached hydrogen (secondary N) is 1. The molecule has 28 heavy (non-hydrogen) atoms. The molecule has 142 valence electrons. The minimum Gasteiger partial charge on any atom is -0.497 e. The maximum absolute atomic E-state index is 12.1. The third kappa shape index (κ3) is 5.34. The highest BCUT2D eigenvalue weighted by molar-refractivity contribution is 6.30. The van der Waals surface area contributed by atoms with Crippen LogP contribution in [0.5, 0.6) is 11.5 Å². The monoisotopic (exact) mass is 394 g/mol. The smallest absolute Gasteiger partial charge is 0.271 e. The minimum absolute atomic E-state index is 0.307. The summed E-state index contributed by atoms with van der Waals surface area (Å²) >= 11 is 5.90. The number of hydrogen-bond donors (Lipinski definition) is 1. The number of nitrogens with zero attached hydrogens (tertiary/aromatic N) is 1. The van der Waals surface area contributed by atoms with Gasteiger partial charge in [0.1, 0.15) is 18.1 Å². The van der Waals surface area contributed by atoms with Crippen LogP contribution in [0.4, 0.5) is 0 Å². The van der Waals surface area contributed by atoms with Gasteiger partial charge < -0.3 is 9.47 Å². The van der Waals surface area contributed by atoms with Crippen LogP contribution in [0, 0.1) is 0 Å². The Labute approximate surface area is 168 Å². The SMILES string of the molecule is COc1ccc(C(=O)N/N=C\c2ccccc2OCc2ccc(Cl)cc2)cc1. The second-order valence-electron chi connectivity index (χ2n) is 5.88. The Bertz CT molecular complexity index is 954. The van der Waals surface area contributed by atoms with Gasteiger partial charge in [0.15, 0.2) is 0 Å². The minimum atomic E-state index is -0.307. The van der Waals surface area contributed by atoms with Crippen LogP contribution in [0.1, 0.15) is 21.5 Å². The number of methoxy groups -OCH3 is 1. The van der Waals surface area contributed by atoms with Crippen LogP contribution in [0.2, 0.25) is 5.02 Å². The van der Waals surface area contributed by atoms with Gasteiger partial charge in [-0.25, -0.2) is 5.43 Å². The second-order valence-corrected chi connectivity index (χ2v) is 6.32.